The zero-order chi connectivity index (χ0) is 20.2. The van der Waals surface area contributed by atoms with Gasteiger partial charge in [0, 0.05) is 19.7 Å². The Morgan fingerprint density at radius 3 is 2.46 bits per heavy atom. The lowest BCUT2D eigenvalue weighted by atomic mass is 10.1. The van der Waals surface area contributed by atoms with E-state index in [9.17, 15) is 14.4 Å². The second-order valence-corrected chi connectivity index (χ2v) is 6.92. The lowest BCUT2D eigenvalue weighted by Gasteiger charge is -2.28. The summed E-state index contributed by atoms with van der Waals surface area (Å²) in [6, 6.07) is 8.70. The molecule has 0 N–H and O–H groups in total. The largest absolute Gasteiger partial charge is 0.332 e. The fourth-order valence-corrected chi connectivity index (χ4v) is 3.41. The van der Waals surface area contributed by atoms with E-state index >= 15 is 0 Å². The standard InChI is InChI=1S/C19H20N6O3/c1-11-12(2)25-15-16(22(3)19(28)23(4)17(15)27)20-18(25)24(21-11)10-14(26)13-8-6-5-7-9-13/h5-9,12H,10H2,1-4H3/t12-/m1/s1. The van der Waals surface area contributed by atoms with Gasteiger partial charge in [-0.2, -0.15) is 10.1 Å². The van der Waals surface area contributed by atoms with E-state index in [1.165, 1.54) is 16.6 Å². The molecule has 0 amide bonds. The van der Waals surface area contributed by atoms with Gasteiger partial charge in [0.2, 0.25) is 5.95 Å². The molecular formula is C19H20N6O3. The van der Waals surface area contributed by atoms with Crippen molar-refractivity contribution >= 4 is 28.6 Å². The van der Waals surface area contributed by atoms with Crippen molar-refractivity contribution in [2.24, 2.45) is 19.2 Å². The average Bonchev–Trinajstić information content (AvgIpc) is 3.10. The number of ketones is 1. The van der Waals surface area contributed by atoms with Crippen LogP contribution < -0.4 is 16.3 Å². The highest BCUT2D eigenvalue weighted by Gasteiger charge is 2.31. The van der Waals surface area contributed by atoms with Crippen LogP contribution in [0.4, 0.5) is 5.95 Å². The number of aryl methyl sites for hydroxylation is 1. The first-order valence-corrected chi connectivity index (χ1v) is 8.90. The van der Waals surface area contributed by atoms with E-state index in [-0.39, 0.29) is 24.0 Å². The molecule has 3 aromatic rings. The third kappa shape index (κ3) is 2.50. The van der Waals surface area contributed by atoms with Crippen LogP contribution in [0.2, 0.25) is 0 Å². The number of anilines is 1. The maximum Gasteiger partial charge on any atom is 0.332 e. The van der Waals surface area contributed by atoms with E-state index in [0.717, 1.165) is 10.3 Å². The number of aromatic nitrogens is 4. The quantitative estimate of drug-likeness (QED) is 0.634. The van der Waals surface area contributed by atoms with Gasteiger partial charge in [-0.15, -0.1) is 0 Å². The van der Waals surface area contributed by atoms with Crippen LogP contribution in [-0.4, -0.2) is 36.7 Å². The summed E-state index contributed by atoms with van der Waals surface area (Å²) >= 11 is 0. The van der Waals surface area contributed by atoms with E-state index in [1.807, 2.05) is 19.9 Å². The molecule has 0 fully saturated rings. The number of imidazole rings is 1. The fraction of sp³-hybridized carbons (Fsp3) is 0.316. The van der Waals surface area contributed by atoms with Crippen LogP contribution in [0, 0.1) is 0 Å². The van der Waals surface area contributed by atoms with Crippen LogP contribution in [0.25, 0.3) is 11.2 Å². The van der Waals surface area contributed by atoms with Gasteiger partial charge in [0.1, 0.15) is 6.54 Å². The summed E-state index contributed by atoms with van der Waals surface area (Å²) in [5, 5.41) is 6.01. The van der Waals surface area contributed by atoms with Crippen LogP contribution in [0.15, 0.2) is 45.0 Å². The van der Waals surface area contributed by atoms with E-state index in [0.29, 0.717) is 17.0 Å². The molecule has 1 aliphatic heterocycles. The van der Waals surface area contributed by atoms with Crippen molar-refractivity contribution in [3.63, 3.8) is 0 Å². The predicted octanol–water partition coefficient (Wildman–Crippen LogP) is 1.07. The minimum absolute atomic E-state index is 0.0222. The zero-order valence-corrected chi connectivity index (χ0v) is 16.1. The van der Waals surface area contributed by atoms with Gasteiger partial charge in [-0.1, -0.05) is 30.3 Å². The number of carbonyl (C=O) groups is 1. The van der Waals surface area contributed by atoms with Crippen LogP contribution >= 0.6 is 0 Å². The maximum absolute atomic E-state index is 12.8. The number of fused-ring (bicyclic) bond motifs is 3. The predicted molar refractivity (Wildman–Crippen MR) is 106 cm³/mol. The van der Waals surface area contributed by atoms with E-state index in [4.69, 9.17) is 0 Å². The summed E-state index contributed by atoms with van der Waals surface area (Å²) < 4.78 is 4.14. The van der Waals surface area contributed by atoms with E-state index in [2.05, 4.69) is 10.1 Å². The van der Waals surface area contributed by atoms with Crippen LogP contribution in [0.3, 0.4) is 0 Å². The highest BCUT2D eigenvalue weighted by atomic mass is 16.2. The Hall–Kier alpha value is -3.49. The number of benzene rings is 1. The Bertz CT molecular complexity index is 1250. The number of hydrazone groups is 1. The molecule has 0 radical (unpaired) electrons. The summed E-state index contributed by atoms with van der Waals surface area (Å²) in [5.74, 6) is 0.253. The van der Waals surface area contributed by atoms with Crippen molar-refractivity contribution in [1.29, 1.82) is 0 Å². The normalized spacial score (nSPS) is 16.2. The molecule has 0 saturated carbocycles. The van der Waals surface area contributed by atoms with Crippen LogP contribution in [0.1, 0.15) is 30.2 Å². The Morgan fingerprint density at radius 2 is 1.79 bits per heavy atom. The third-order valence-corrected chi connectivity index (χ3v) is 5.16. The summed E-state index contributed by atoms with van der Waals surface area (Å²) in [7, 11) is 3.01. The van der Waals surface area contributed by atoms with E-state index < -0.39 is 11.2 Å². The molecule has 0 saturated heterocycles. The minimum Gasteiger partial charge on any atom is -0.294 e. The fourth-order valence-electron chi connectivity index (χ4n) is 3.41. The number of nitrogens with zero attached hydrogens (tertiary/aromatic N) is 6. The monoisotopic (exact) mass is 380 g/mol. The molecule has 1 atom stereocenters. The smallest absolute Gasteiger partial charge is 0.294 e. The van der Waals surface area contributed by atoms with Crippen LogP contribution in [0.5, 0.6) is 0 Å². The first kappa shape index (κ1) is 17.9. The van der Waals surface area contributed by atoms with Gasteiger partial charge in [-0.3, -0.25) is 23.3 Å². The van der Waals surface area contributed by atoms with Crippen molar-refractivity contribution in [1.82, 2.24) is 18.7 Å². The molecule has 4 rings (SSSR count). The molecule has 144 valence electrons. The van der Waals surface area contributed by atoms with Crippen molar-refractivity contribution < 1.29 is 4.79 Å². The first-order valence-electron chi connectivity index (χ1n) is 8.90. The van der Waals surface area contributed by atoms with Crippen molar-refractivity contribution in [3.05, 3.63) is 56.7 Å². The van der Waals surface area contributed by atoms with Gasteiger partial charge in [-0.05, 0) is 13.8 Å². The Balaban J connectivity index is 1.90. The molecule has 1 aromatic carbocycles. The number of rotatable bonds is 3. The Labute approximate surface area is 160 Å². The summed E-state index contributed by atoms with van der Waals surface area (Å²) in [5.41, 5.74) is 1.02. The minimum atomic E-state index is -0.454. The molecule has 0 spiro atoms. The molecule has 9 nitrogen and oxygen atoms in total. The maximum atomic E-state index is 12.8. The van der Waals surface area contributed by atoms with Gasteiger partial charge >= 0.3 is 5.69 Å². The summed E-state index contributed by atoms with van der Waals surface area (Å²) in [6.07, 6.45) is 0. The second-order valence-electron chi connectivity index (χ2n) is 6.92. The first-order chi connectivity index (χ1) is 13.3. The molecule has 0 bridgehead atoms. The average molecular weight is 380 g/mol. The lowest BCUT2D eigenvalue weighted by molar-refractivity contribution is 0.0998. The second kappa shape index (κ2) is 6.29. The molecule has 28 heavy (non-hydrogen) atoms. The number of hydrogen-bond acceptors (Lipinski definition) is 6. The molecule has 2 aromatic heterocycles. The Morgan fingerprint density at radius 1 is 1.11 bits per heavy atom. The number of hydrogen-bond donors (Lipinski definition) is 0. The highest BCUT2D eigenvalue weighted by Crippen LogP contribution is 2.29. The molecule has 1 aliphatic rings. The third-order valence-electron chi connectivity index (χ3n) is 5.16. The molecule has 3 heterocycles. The Kier molecular flexibility index (Phi) is 4.02. The van der Waals surface area contributed by atoms with Gasteiger partial charge in [0.05, 0.1) is 11.8 Å². The van der Waals surface area contributed by atoms with E-state index in [1.54, 1.807) is 35.9 Å². The SMILES string of the molecule is CC1=NN(CC(=O)c2ccccc2)c2nc3c(c(=O)n(C)c(=O)n3C)n2[C@@H]1C. The van der Waals surface area contributed by atoms with Crippen molar-refractivity contribution in [2.75, 3.05) is 11.6 Å². The number of Topliss-reactive ketones (excluding diaryl/α,β-unsaturated/α-hetero) is 1. The molecular weight excluding hydrogens is 360 g/mol. The highest BCUT2D eigenvalue weighted by molar-refractivity contribution is 6.00. The molecule has 9 heteroatoms. The number of carbonyl (C=O) groups excluding carboxylic acids is 1. The summed E-state index contributed by atoms with van der Waals surface area (Å²) in [4.78, 5) is 42.3. The summed E-state index contributed by atoms with van der Waals surface area (Å²) in [6.45, 7) is 3.72. The van der Waals surface area contributed by atoms with Crippen LogP contribution in [-0.2, 0) is 14.1 Å². The van der Waals surface area contributed by atoms with Gasteiger partial charge < -0.3 is 0 Å². The van der Waals surface area contributed by atoms with Gasteiger partial charge in [-0.25, -0.2) is 9.80 Å². The van der Waals surface area contributed by atoms with Gasteiger partial charge in [0.25, 0.3) is 5.56 Å². The van der Waals surface area contributed by atoms with Gasteiger partial charge in [0.15, 0.2) is 16.9 Å². The lowest BCUT2D eigenvalue weighted by Crippen LogP contribution is -2.39. The topological polar surface area (TPSA) is 94.5 Å². The van der Waals surface area contributed by atoms with Crippen molar-refractivity contribution in [3.8, 4) is 0 Å². The van der Waals surface area contributed by atoms with Crippen molar-refractivity contribution in [2.45, 2.75) is 19.9 Å². The zero-order valence-electron chi connectivity index (χ0n) is 16.1. The molecule has 0 aliphatic carbocycles. The molecule has 0 unspecified atom stereocenters.